The van der Waals surface area contributed by atoms with Crippen LogP contribution in [0.3, 0.4) is 0 Å². The summed E-state index contributed by atoms with van der Waals surface area (Å²) in [4.78, 5) is 88.0. The van der Waals surface area contributed by atoms with E-state index in [0.29, 0.717) is 28.3 Å². The SMILES string of the molecule is COC(=O)NC(N)=Nc1ccc(C(=O)N[C@@H](Cc2ccc(OC)cc2)C(=O)N2CCN(CC(=O)O)C(=O)[C@@H]2CCCNC(=O)c2ccc(N=C(N)N)cc2)cc1. The molecule has 1 aliphatic rings. The Bertz CT molecular complexity index is 1950. The monoisotopic (exact) mass is 772 g/mol. The topological polar surface area (TPSA) is 286 Å². The number of aliphatic carboxylic acids is 1. The van der Waals surface area contributed by atoms with E-state index >= 15 is 0 Å². The van der Waals surface area contributed by atoms with Crippen LogP contribution < -0.4 is 37.9 Å². The molecule has 0 saturated carbocycles. The molecular formula is C37H44N10O9. The molecule has 0 radical (unpaired) electrons. The van der Waals surface area contributed by atoms with Crippen molar-refractivity contribution >= 4 is 59.0 Å². The molecule has 2 atom stereocenters. The largest absolute Gasteiger partial charge is 0.497 e. The molecule has 5 amide bonds. The first-order valence-electron chi connectivity index (χ1n) is 17.3. The lowest BCUT2D eigenvalue weighted by Gasteiger charge is -2.41. The highest BCUT2D eigenvalue weighted by Crippen LogP contribution is 2.21. The molecule has 19 nitrogen and oxygen atoms in total. The molecule has 1 heterocycles. The fraction of sp³-hybridized carbons (Fsp3) is 0.297. The fourth-order valence-electron chi connectivity index (χ4n) is 5.79. The van der Waals surface area contributed by atoms with Gasteiger partial charge in [-0.25, -0.2) is 14.8 Å². The Balaban J connectivity index is 1.53. The predicted octanol–water partition coefficient (Wildman–Crippen LogP) is 0.578. The molecule has 3 aromatic carbocycles. The number of nitrogens with one attached hydrogen (secondary N) is 3. The van der Waals surface area contributed by atoms with Crippen molar-refractivity contribution in [1.82, 2.24) is 25.8 Å². The van der Waals surface area contributed by atoms with Crippen molar-refractivity contribution in [2.75, 3.05) is 40.4 Å². The van der Waals surface area contributed by atoms with Gasteiger partial charge in [0, 0.05) is 37.2 Å². The molecule has 0 aliphatic carbocycles. The van der Waals surface area contributed by atoms with Crippen LogP contribution in [0.1, 0.15) is 39.1 Å². The van der Waals surface area contributed by atoms with Gasteiger partial charge >= 0.3 is 12.1 Å². The van der Waals surface area contributed by atoms with Crippen molar-refractivity contribution in [3.63, 3.8) is 0 Å². The highest BCUT2D eigenvalue weighted by Gasteiger charge is 2.40. The maximum Gasteiger partial charge on any atom is 0.413 e. The van der Waals surface area contributed by atoms with E-state index in [9.17, 15) is 33.9 Å². The van der Waals surface area contributed by atoms with Gasteiger partial charge in [0.25, 0.3) is 11.8 Å². The number of ether oxygens (including phenoxy) is 2. The van der Waals surface area contributed by atoms with Gasteiger partial charge in [0.15, 0.2) is 5.96 Å². The van der Waals surface area contributed by atoms with Gasteiger partial charge in [-0.1, -0.05) is 12.1 Å². The number of carboxylic acid groups (broad SMARTS) is 1. The Morgan fingerprint density at radius 1 is 0.857 bits per heavy atom. The van der Waals surface area contributed by atoms with Crippen molar-refractivity contribution in [1.29, 1.82) is 0 Å². The molecule has 4 rings (SSSR count). The molecule has 10 N–H and O–H groups in total. The summed E-state index contributed by atoms with van der Waals surface area (Å²) in [5.41, 5.74) is 18.5. The van der Waals surface area contributed by atoms with Crippen LogP contribution in [0, 0.1) is 0 Å². The Hall–Kier alpha value is -7.18. The fourth-order valence-corrected chi connectivity index (χ4v) is 5.79. The molecule has 0 bridgehead atoms. The van der Waals surface area contributed by atoms with E-state index in [1.165, 1.54) is 48.3 Å². The summed E-state index contributed by atoms with van der Waals surface area (Å²) in [5.74, 6) is -3.10. The molecule has 296 valence electrons. The second kappa shape index (κ2) is 19.8. The number of hydrogen-bond acceptors (Lipinski definition) is 10. The zero-order valence-electron chi connectivity index (χ0n) is 30.8. The van der Waals surface area contributed by atoms with Gasteiger partial charge in [0.1, 0.15) is 24.4 Å². The number of carbonyl (C=O) groups is 6. The minimum atomic E-state index is -1.21. The summed E-state index contributed by atoms with van der Waals surface area (Å²) in [6.45, 7) is -0.463. The molecule has 19 heteroatoms. The number of aliphatic imine (C=N–C) groups is 2. The lowest BCUT2D eigenvalue weighted by molar-refractivity contribution is -0.156. The van der Waals surface area contributed by atoms with Crippen LogP contribution in [0.5, 0.6) is 5.75 Å². The van der Waals surface area contributed by atoms with Crippen molar-refractivity contribution in [2.45, 2.75) is 31.3 Å². The molecule has 1 aliphatic heterocycles. The quantitative estimate of drug-likeness (QED) is 0.0635. The van der Waals surface area contributed by atoms with Crippen LogP contribution in [-0.4, -0.2) is 115 Å². The van der Waals surface area contributed by atoms with E-state index in [0.717, 1.165) is 0 Å². The first-order chi connectivity index (χ1) is 26.8. The minimum Gasteiger partial charge on any atom is -0.497 e. The van der Waals surface area contributed by atoms with E-state index < -0.39 is 48.4 Å². The number of nitrogens with two attached hydrogens (primary N) is 3. The van der Waals surface area contributed by atoms with Crippen molar-refractivity contribution in [3.05, 3.63) is 89.5 Å². The molecule has 0 aromatic heterocycles. The number of alkyl carbamates (subject to hydrolysis) is 1. The molecule has 1 saturated heterocycles. The molecule has 0 spiro atoms. The smallest absolute Gasteiger partial charge is 0.413 e. The number of amides is 5. The van der Waals surface area contributed by atoms with Gasteiger partial charge in [-0.2, -0.15) is 0 Å². The molecule has 3 aromatic rings. The standard InChI is InChI=1S/C37H44N10O9/c1-55-27-15-5-22(6-16-27)20-28(44-32(51)24-9-13-26(14-10-24)43-36(40)45-37(54)56-2)33(52)47-19-18-46(21-30(48)49)34(53)29(47)4-3-17-41-31(50)23-7-11-25(12-8-23)42-35(38)39/h5-16,28-29H,3-4,17-21H2,1-2H3,(H,41,50)(H,44,51)(H,48,49)(H4,38,39,42)(H3,40,43,45,54)/t28-,29-/m0/s1. The number of hydrogen-bond donors (Lipinski definition) is 7. The Kier molecular flexibility index (Phi) is 14.7. The van der Waals surface area contributed by atoms with Crippen LogP contribution in [0.15, 0.2) is 82.8 Å². The lowest BCUT2D eigenvalue weighted by Crippen LogP contribution is -2.63. The van der Waals surface area contributed by atoms with Gasteiger partial charge in [0.05, 0.1) is 25.6 Å². The van der Waals surface area contributed by atoms with E-state index in [4.69, 9.17) is 21.9 Å². The van der Waals surface area contributed by atoms with Crippen LogP contribution in [0.25, 0.3) is 0 Å². The number of rotatable bonds is 15. The Morgan fingerprint density at radius 3 is 2.04 bits per heavy atom. The number of methoxy groups -OCH3 is 2. The molecule has 56 heavy (non-hydrogen) atoms. The maximum atomic E-state index is 14.4. The van der Waals surface area contributed by atoms with Crippen LogP contribution in [-0.2, 0) is 25.5 Å². The predicted molar refractivity (Wildman–Crippen MR) is 204 cm³/mol. The Labute approximate surface area is 321 Å². The van der Waals surface area contributed by atoms with Gasteiger partial charge in [-0.15, -0.1) is 0 Å². The average Bonchev–Trinajstić information content (AvgIpc) is 3.17. The third-order valence-electron chi connectivity index (χ3n) is 8.52. The summed E-state index contributed by atoms with van der Waals surface area (Å²) in [5, 5.41) is 17.3. The highest BCUT2D eigenvalue weighted by atomic mass is 16.5. The first-order valence-corrected chi connectivity index (χ1v) is 17.3. The maximum absolute atomic E-state index is 14.4. The number of piperazine rings is 1. The minimum absolute atomic E-state index is 0.000258. The van der Waals surface area contributed by atoms with E-state index in [-0.39, 0.29) is 62.3 Å². The number of benzene rings is 3. The second-order valence-electron chi connectivity index (χ2n) is 12.4. The summed E-state index contributed by atoms with van der Waals surface area (Å²) < 4.78 is 9.74. The summed E-state index contributed by atoms with van der Waals surface area (Å²) in [6, 6.07) is 16.8. The van der Waals surface area contributed by atoms with Gasteiger partial charge in [-0.3, -0.25) is 29.3 Å². The van der Waals surface area contributed by atoms with Crippen molar-refractivity contribution in [3.8, 4) is 5.75 Å². The van der Waals surface area contributed by atoms with Gasteiger partial charge in [0.2, 0.25) is 17.8 Å². The summed E-state index contributed by atoms with van der Waals surface area (Å²) >= 11 is 0. The number of guanidine groups is 2. The second-order valence-corrected chi connectivity index (χ2v) is 12.4. The lowest BCUT2D eigenvalue weighted by atomic mass is 9.99. The third kappa shape index (κ3) is 11.9. The van der Waals surface area contributed by atoms with Crippen LogP contribution in [0.4, 0.5) is 16.2 Å². The van der Waals surface area contributed by atoms with Crippen LogP contribution in [0.2, 0.25) is 0 Å². The zero-order valence-corrected chi connectivity index (χ0v) is 30.8. The van der Waals surface area contributed by atoms with Gasteiger partial charge in [-0.05, 0) is 79.1 Å². The van der Waals surface area contributed by atoms with E-state index in [2.05, 4.69) is 30.7 Å². The number of nitrogens with zero attached hydrogens (tertiary/aromatic N) is 4. The summed E-state index contributed by atoms with van der Waals surface area (Å²) in [7, 11) is 2.69. The summed E-state index contributed by atoms with van der Waals surface area (Å²) in [6.07, 6.45) is -0.425. The first kappa shape index (κ1) is 41.6. The van der Waals surface area contributed by atoms with Crippen molar-refractivity contribution < 1.29 is 43.3 Å². The highest BCUT2D eigenvalue weighted by molar-refractivity contribution is 5.99. The average molecular weight is 773 g/mol. The van der Waals surface area contributed by atoms with Gasteiger partial charge < -0.3 is 52.2 Å². The van der Waals surface area contributed by atoms with Crippen molar-refractivity contribution in [2.24, 2.45) is 27.2 Å². The normalized spacial score (nSPS) is 14.6. The molecular weight excluding hydrogens is 728 g/mol. The van der Waals surface area contributed by atoms with Crippen LogP contribution >= 0.6 is 0 Å². The number of carboxylic acids is 1. The van der Waals surface area contributed by atoms with E-state index in [1.807, 2.05) is 0 Å². The number of carbonyl (C=O) groups excluding carboxylic acids is 5. The Morgan fingerprint density at radius 2 is 1.46 bits per heavy atom. The zero-order chi connectivity index (χ0) is 40.8. The molecule has 1 fully saturated rings. The molecule has 0 unspecified atom stereocenters. The third-order valence-corrected chi connectivity index (χ3v) is 8.52. The van der Waals surface area contributed by atoms with E-state index in [1.54, 1.807) is 48.5 Å².